The standard InChI is InChI=1S/C5H12O2S2/c6-4(1-2-8)5(7)3-9/h4-9H,1-3H2. The number of hydrogen-bond acceptors (Lipinski definition) is 4. The van der Waals surface area contributed by atoms with Crippen molar-refractivity contribution < 1.29 is 10.2 Å². The van der Waals surface area contributed by atoms with Crippen molar-refractivity contribution in [1.82, 2.24) is 0 Å². The molecule has 0 bridgehead atoms. The molecular weight excluding hydrogens is 156 g/mol. The Labute approximate surface area is 66.1 Å². The normalized spacial score (nSPS) is 17.3. The molecule has 0 aromatic carbocycles. The van der Waals surface area contributed by atoms with Gasteiger partial charge < -0.3 is 10.2 Å². The van der Waals surface area contributed by atoms with Gasteiger partial charge in [0.2, 0.25) is 0 Å². The highest BCUT2D eigenvalue weighted by atomic mass is 32.1. The molecule has 0 spiro atoms. The summed E-state index contributed by atoms with van der Waals surface area (Å²) in [6, 6.07) is 0. The first-order chi connectivity index (χ1) is 4.22. The summed E-state index contributed by atoms with van der Waals surface area (Å²) >= 11 is 7.71. The van der Waals surface area contributed by atoms with Gasteiger partial charge in [-0.3, -0.25) is 0 Å². The van der Waals surface area contributed by atoms with E-state index in [0.717, 1.165) is 0 Å². The fraction of sp³-hybridized carbons (Fsp3) is 1.00. The van der Waals surface area contributed by atoms with Gasteiger partial charge in [0, 0.05) is 5.75 Å². The summed E-state index contributed by atoms with van der Waals surface area (Å²) in [7, 11) is 0. The van der Waals surface area contributed by atoms with Gasteiger partial charge >= 0.3 is 0 Å². The van der Waals surface area contributed by atoms with E-state index in [1.165, 1.54) is 0 Å². The molecule has 0 aliphatic rings. The van der Waals surface area contributed by atoms with Crippen LogP contribution in [0.4, 0.5) is 0 Å². The van der Waals surface area contributed by atoms with E-state index in [1.54, 1.807) is 0 Å². The van der Waals surface area contributed by atoms with E-state index in [4.69, 9.17) is 10.2 Å². The summed E-state index contributed by atoms with van der Waals surface area (Å²) < 4.78 is 0. The fourth-order valence-corrected chi connectivity index (χ4v) is 0.954. The number of aliphatic hydroxyl groups is 2. The van der Waals surface area contributed by atoms with Crippen LogP contribution in [0.25, 0.3) is 0 Å². The molecule has 4 heteroatoms. The van der Waals surface area contributed by atoms with Gasteiger partial charge in [-0.1, -0.05) is 0 Å². The highest BCUT2D eigenvalue weighted by molar-refractivity contribution is 7.80. The molecule has 56 valence electrons. The molecule has 0 aliphatic carbocycles. The van der Waals surface area contributed by atoms with Crippen molar-refractivity contribution in [3.8, 4) is 0 Å². The van der Waals surface area contributed by atoms with Crippen LogP contribution in [0.2, 0.25) is 0 Å². The van der Waals surface area contributed by atoms with Crippen LogP contribution in [0.15, 0.2) is 0 Å². The molecular formula is C5H12O2S2. The third-order valence-corrected chi connectivity index (χ3v) is 1.69. The van der Waals surface area contributed by atoms with Gasteiger partial charge in [-0.05, 0) is 12.2 Å². The molecule has 0 fully saturated rings. The molecule has 0 heterocycles. The van der Waals surface area contributed by atoms with Crippen molar-refractivity contribution in [3.63, 3.8) is 0 Å². The Morgan fingerprint density at radius 3 is 2.00 bits per heavy atom. The van der Waals surface area contributed by atoms with Crippen LogP contribution in [-0.4, -0.2) is 33.9 Å². The lowest BCUT2D eigenvalue weighted by Crippen LogP contribution is -2.27. The molecule has 0 aromatic rings. The van der Waals surface area contributed by atoms with Crippen molar-refractivity contribution >= 4 is 25.3 Å². The van der Waals surface area contributed by atoms with Gasteiger partial charge in [0.15, 0.2) is 0 Å². The number of rotatable bonds is 4. The van der Waals surface area contributed by atoms with Gasteiger partial charge in [-0.15, -0.1) is 0 Å². The predicted octanol–water partition coefficient (Wildman–Crippen LogP) is -0.0421. The topological polar surface area (TPSA) is 40.5 Å². The Morgan fingerprint density at radius 1 is 1.11 bits per heavy atom. The zero-order chi connectivity index (χ0) is 7.28. The van der Waals surface area contributed by atoms with E-state index in [2.05, 4.69) is 25.3 Å². The van der Waals surface area contributed by atoms with E-state index in [-0.39, 0.29) is 0 Å². The number of thiol groups is 2. The van der Waals surface area contributed by atoms with Crippen LogP contribution < -0.4 is 0 Å². The Morgan fingerprint density at radius 2 is 1.67 bits per heavy atom. The van der Waals surface area contributed by atoms with Crippen LogP contribution in [-0.2, 0) is 0 Å². The Bertz CT molecular complexity index is 70.0. The summed E-state index contributed by atoms with van der Waals surface area (Å²) in [6.07, 6.45) is -0.856. The molecule has 2 N–H and O–H groups in total. The lowest BCUT2D eigenvalue weighted by Gasteiger charge is -2.13. The van der Waals surface area contributed by atoms with E-state index in [1.807, 2.05) is 0 Å². The van der Waals surface area contributed by atoms with Crippen LogP contribution in [0, 0.1) is 0 Å². The molecule has 0 saturated carbocycles. The van der Waals surface area contributed by atoms with Gasteiger partial charge in [0.25, 0.3) is 0 Å². The maximum Gasteiger partial charge on any atom is 0.0887 e. The summed E-state index contributed by atoms with van der Waals surface area (Å²) in [6.45, 7) is 0. The highest BCUT2D eigenvalue weighted by Gasteiger charge is 2.12. The van der Waals surface area contributed by atoms with Crippen LogP contribution in [0.5, 0.6) is 0 Å². The van der Waals surface area contributed by atoms with Crippen molar-refractivity contribution in [1.29, 1.82) is 0 Å². The predicted molar refractivity (Wildman–Crippen MR) is 44.3 cm³/mol. The summed E-state index contributed by atoms with van der Waals surface area (Å²) in [5.41, 5.74) is 0. The van der Waals surface area contributed by atoms with Crippen molar-refractivity contribution in [2.45, 2.75) is 18.6 Å². The monoisotopic (exact) mass is 168 g/mol. The number of aliphatic hydroxyl groups excluding tert-OH is 2. The smallest absolute Gasteiger partial charge is 0.0887 e. The summed E-state index contributed by atoms with van der Waals surface area (Å²) in [5.74, 6) is 0.890. The lowest BCUT2D eigenvalue weighted by atomic mass is 10.2. The largest absolute Gasteiger partial charge is 0.390 e. The molecule has 0 saturated heterocycles. The Balaban J connectivity index is 3.32. The highest BCUT2D eigenvalue weighted by Crippen LogP contribution is 2.01. The number of hydrogen-bond donors (Lipinski definition) is 4. The van der Waals surface area contributed by atoms with Gasteiger partial charge in [-0.25, -0.2) is 0 Å². The second-order valence-corrected chi connectivity index (χ2v) is 2.64. The van der Waals surface area contributed by atoms with Crippen LogP contribution in [0.1, 0.15) is 6.42 Å². The maximum absolute atomic E-state index is 8.97. The first-order valence-corrected chi connectivity index (χ1v) is 4.06. The van der Waals surface area contributed by atoms with Gasteiger partial charge in [0.1, 0.15) is 0 Å². The first kappa shape index (κ1) is 9.62. The van der Waals surface area contributed by atoms with E-state index in [9.17, 15) is 0 Å². The molecule has 0 aromatic heterocycles. The fourth-order valence-electron chi connectivity index (χ4n) is 0.446. The van der Waals surface area contributed by atoms with E-state index >= 15 is 0 Å². The molecule has 0 radical (unpaired) electrons. The van der Waals surface area contributed by atoms with Gasteiger partial charge in [0.05, 0.1) is 12.2 Å². The second kappa shape index (κ2) is 5.41. The zero-order valence-corrected chi connectivity index (χ0v) is 6.85. The molecule has 9 heavy (non-hydrogen) atoms. The Kier molecular flexibility index (Phi) is 5.78. The minimum absolute atomic E-state index is 0.301. The third-order valence-electron chi connectivity index (χ3n) is 1.06. The van der Waals surface area contributed by atoms with Crippen molar-refractivity contribution in [3.05, 3.63) is 0 Å². The van der Waals surface area contributed by atoms with E-state index in [0.29, 0.717) is 17.9 Å². The zero-order valence-electron chi connectivity index (χ0n) is 5.06. The SMILES string of the molecule is OC(CS)C(O)CCS. The van der Waals surface area contributed by atoms with Crippen molar-refractivity contribution in [2.75, 3.05) is 11.5 Å². The third kappa shape index (κ3) is 4.08. The molecule has 0 rings (SSSR count). The second-order valence-electron chi connectivity index (χ2n) is 1.83. The Hall–Kier alpha value is 0.620. The van der Waals surface area contributed by atoms with Crippen LogP contribution in [0.3, 0.4) is 0 Å². The van der Waals surface area contributed by atoms with E-state index < -0.39 is 12.2 Å². The average molecular weight is 168 g/mol. The lowest BCUT2D eigenvalue weighted by molar-refractivity contribution is 0.0333. The quantitative estimate of drug-likeness (QED) is 0.445. The molecule has 0 aliphatic heterocycles. The minimum atomic E-state index is -0.708. The minimum Gasteiger partial charge on any atom is -0.390 e. The molecule has 2 nitrogen and oxygen atoms in total. The average Bonchev–Trinajstić information content (AvgIpc) is 1.87. The maximum atomic E-state index is 8.97. The van der Waals surface area contributed by atoms with Gasteiger partial charge in [-0.2, -0.15) is 25.3 Å². The first-order valence-electron chi connectivity index (χ1n) is 2.80. The summed E-state index contributed by atoms with van der Waals surface area (Å²) in [5, 5.41) is 17.9. The van der Waals surface area contributed by atoms with Crippen molar-refractivity contribution in [2.24, 2.45) is 0 Å². The molecule has 2 atom stereocenters. The molecule has 0 amide bonds. The van der Waals surface area contributed by atoms with Crippen LogP contribution >= 0.6 is 25.3 Å². The summed E-state index contributed by atoms with van der Waals surface area (Å²) in [4.78, 5) is 0. The molecule has 2 unspecified atom stereocenters.